The Labute approximate surface area is 184 Å². The summed E-state index contributed by atoms with van der Waals surface area (Å²) in [6.07, 6.45) is 4.31. The van der Waals surface area contributed by atoms with E-state index >= 15 is 0 Å². The van der Waals surface area contributed by atoms with Gasteiger partial charge in [-0.2, -0.15) is 14.5 Å². The van der Waals surface area contributed by atoms with Crippen LogP contribution < -0.4 is 4.90 Å². The van der Waals surface area contributed by atoms with Crippen molar-refractivity contribution in [2.24, 2.45) is 0 Å². The molecule has 0 N–H and O–H groups in total. The molecule has 6 rings (SSSR count). The first-order valence-corrected chi connectivity index (χ1v) is 10.8. The van der Waals surface area contributed by atoms with Gasteiger partial charge in [-0.3, -0.25) is 9.88 Å². The average Bonchev–Trinajstić information content (AvgIpc) is 3.45. The monoisotopic (exact) mass is 426 g/mol. The van der Waals surface area contributed by atoms with Crippen molar-refractivity contribution >= 4 is 22.6 Å². The number of anilines is 1. The summed E-state index contributed by atoms with van der Waals surface area (Å²) in [6, 6.07) is 16.2. The lowest BCUT2D eigenvalue weighted by molar-refractivity contribution is 0.282. The molecule has 0 aliphatic carbocycles. The summed E-state index contributed by atoms with van der Waals surface area (Å²) in [7, 11) is 0. The summed E-state index contributed by atoms with van der Waals surface area (Å²) in [5, 5.41) is 5.57. The Hall–Kier alpha value is -3.85. The van der Waals surface area contributed by atoms with E-state index in [1.165, 1.54) is 5.39 Å². The van der Waals surface area contributed by atoms with Crippen molar-refractivity contribution in [3.05, 3.63) is 66.8 Å². The Bertz CT molecular complexity index is 1360. The zero-order chi connectivity index (χ0) is 21.3. The maximum atomic E-state index is 5.39. The van der Waals surface area contributed by atoms with Crippen LogP contribution in [0.25, 0.3) is 28.3 Å². The van der Waals surface area contributed by atoms with Crippen LogP contribution in [0.2, 0.25) is 0 Å². The van der Waals surface area contributed by atoms with Crippen LogP contribution in [-0.4, -0.2) is 60.6 Å². The largest absolute Gasteiger partial charge is 0.461 e. The van der Waals surface area contributed by atoms with E-state index in [0.717, 1.165) is 50.4 Å². The number of pyridine rings is 1. The maximum Gasteiger partial charge on any atom is 0.257 e. The summed E-state index contributed by atoms with van der Waals surface area (Å²) in [5.41, 5.74) is 2.15. The Morgan fingerprint density at radius 1 is 0.875 bits per heavy atom. The second-order valence-corrected chi connectivity index (χ2v) is 7.93. The molecule has 0 amide bonds. The van der Waals surface area contributed by atoms with Crippen molar-refractivity contribution in [1.82, 2.24) is 34.4 Å². The second-order valence-electron chi connectivity index (χ2n) is 7.93. The van der Waals surface area contributed by atoms with Crippen molar-refractivity contribution in [3.63, 3.8) is 0 Å². The third-order valence-corrected chi connectivity index (χ3v) is 5.75. The van der Waals surface area contributed by atoms with Crippen LogP contribution in [0.1, 0.15) is 12.1 Å². The molecule has 0 saturated carbocycles. The quantitative estimate of drug-likeness (QED) is 0.433. The summed E-state index contributed by atoms with van der Waals surface area (Å²) >= 11 is 0. The highest BCUT2D eigenvalue weighted by Gasteiger charge is 2.19. The Balaban J connectivity index is 1.16. The molecule has 5 aromatic rings. The molecule has 1 aromatic carbocycles. The van der Waals surface area contributed by atoms with E-state index in [9.17, 15) is 0 Å². The molecule has 0 bridgehead atoms. The highest BCUT2D eigenvalue weighted by atomic mass is 16.3. The number of rotatable bonds is 4. The summed E-state index contributed by atoms with van der Waals surface area (Å²) in [5.74, 6) is 2.32. The molecule has 0 radical (unpaired) electrons. The zero-order valence-electron chi connectivity index (χ0n) is 17.5. The number of para-hydroxylation sites is 1. The van der Waals surface area contributed by atoms with E-state index in [0.29, 0.717) is 23.3 Å². The average molecular weight is 426 g/mol. The summed E-state index contributed by atoms with van der Waals surface area (Å²) in [6.45, 7) is 4.53. The van der Waals surface area contributed by atoms with Crippen LogP contribution in [-0.2, 0) is 6.54 Å². The number of fused-ring (bicyclic) bond motifs is 2. The lowest BCUT2D eigenvalue weighted by Gasteiger charge is -2.21. The molecule has 4 aromatic heterocycles. The molecule has 0 spiro atoms. The minimum atomic E-state index is 0.506. The molecule has 1 aliphatic heterocycles. The Morgan fingerprint density at radius 3 is 2.78 bits per heavy atom. The van der Waals surface area contributed by atoms with Crippen molar-refractivity contribution in [2.45, 2.75) is 13.0 Å². The molecule has 160 valence electrons. The van der Waals surface area contributed by atoms with Gasteiger partial charge in [0.2, 0.25) is 11.8 Å². The van der Waals surface area contributed by atoms with Crippen LogP contribution in [0.15, 0.2) is 65.5 Å². The molecule has 1 aliphatic rings. The first-order chi connectivity index (χ1) is 15.8. The van der Waals surface area contributed by atoms with Gasteiger partial charge in [0.1, 0.15) is 6.33 Å². The van der Waals surface area contributed by atoms with Gasteiger partial charge in [0, 0.05) is 38.1 Å². The van der Waals surface area contributed by atoms with Gasteiger partial charge in [0.25, 0.3) is 5.78 Å². The van der Waals surface area contributed by atoms with Crippen LogP contribution in [0, 0.1) is 0 Å². The van der Waals surface area contributed by atoms with Gasteiger partial charge in [-0.05, 0) is 30.7 Å². The number of nitrogens with zero attached hydrogens (tertiary/aromatic N) is 8. The molecule has 0 atom stereocenters. The van der Waals surface area contributed by atoms with Gasteiger partial charge in [0.15, 0.2) is 5.76 Å². The summed E-state index contributed by atoms with van der Waals surface area (Å²) < 4.78 is 6.97. The van der Waals surface area contributed by atoms with Gasteiger partial charge in [-0.25, -0.2) is 4.98 Å². The molecule has 5 heterocycles. The number of hydrogen-bond donors (Lipinski definition) is 0. The standard InChI is InChI=1S/C23H22N8O/c1-2-6-19-17(5-1)8-9-18(25-19)15-29-10-4-11-30(13-12-29)22-24-16-31-23(27-22)26-21(28-31)20-7-3-14-32-20/h1-3,5-9,14,16H,4,10-13,15H2. The third kappa shape index (κ3) is 3.67. The fourth-order valence-electron chi connectivity index (χ4n) is 4.11. The third-order valence-electron chi connectivity index (χ3n) is 5.75. The van der Waals surface area contributed by atoms with Crippen molar-refractivity contribution in [2.75, 3.05) is 31.1 Å². The molecule has 1 saturated heterocycles. The predicted octanol–water partition coefficient (Wildman–Crippen LogP) is 3.04. The van der Waals surface area contributed by atoms with Gasteiger partial charge < -0.3 is 9.32 Å². The van der Waals surface area contributed by atoms with Gasteiger partial charge >= 0.3 is 0 Å². The van der Waals surface area contributed by atoms with Crippen LogP contribution in [0.4, 0.5) is 5.95 Å². The number of aromatic nitrogens is 6. The molecule has 9 nitrogen and oxygen atoms in total. The zero-order valence-corrected chi connectivity index (χ0v) is 17.5. The van der Waals surface area contributed by atoms with E-state index in [1.54, 1.807) is 17.1 Å². The molecule has 32 heavy (non-hydrogen) atoms. The second kappa shape index (κ2) is 8.01. The number of hydrogen-bond acceptors (Lipinski definition) is 8. The molecule has 1 fully saturated rings. The Morgan fingerprint density at radius 2 is 1.84 bits per heavy atom. The topological polar surface area (TPSA) is 88.5 Å². The van der Waals surface area contributed by atoms with Crippen molar-refractivity contribution in [3.8, 4) is 11.6 Å². The van der Waals surface area contributed by atoms with Gasteiger partial charge in [-0.15, -0.1) is 5.10 Å². The SMILES string of the molecule is c1coc(-c2nc3nc(N4CCCN(Cc5ccc6ccccc6n5)CC4)ncn3n2)c1. The van der Waals surface area contributed by atoms with E-state index in [2.05, 4.69) is 54.1 Å². The van der Waals surface area contributed by atoms with Gasteiger partial charge in [0.05, 0.1) is 17.5 Å². The van der Waals surface area contributed by atoms with Crippen LogP contribution >= 0.6 is 0 Å². The van der Waals surface area contributed by atoms with Crippen molar-refractivity contribution in [1.29, 1.82) is 0 Å². The number of furan rings is 1. The fraction of sp³-hybridized carbons (Fsp3) is 0.261. The van der Waals surface area contributed by atoms with Gasteiger partial charge in [-0.1, -0.05) is 24.3 Å². The predicted molar refractivity (Wildman–Crippen MR) is 120 cm³/mol. The highest BCUT2D eigenvalue weighted by molar-refractivity contribution is 5.78. The lowest BCUT2D eigenvalue weighted by atomic mass is 10.2. The van der Waals surface area contributed by atoms with Crippen molar-refractivity contribution < 1.29 is 4.42 Å². The molecular weight excluding hydrogens is 404 g/mol. The van der Waals surface area contributed by atoms with E-state index < -0.39 is 0 Å². The molecule has 0 unspecified atom stereocenters. The van der Waals surface area contributed by atoms with E-state index in [-0.39, 0.29) is 0 Å². The molecule has 9 heteroatoms. The highest BCUT2D eigenvalue weighted by Crippen LogP contribution is 2.18. The van der Waals surface area contributed by atoms with E-state index in [4.69, 9.17) is 9.40 Å². The minimum absolute atomic E-state index is 0.506. The van der Waals surface area contributed by atoms with Crippen LogP contribution in [0.5, 0.6) is 0 Å². The number of benzene rings is 1. The molecular formula is C23H22N8O. The lowest BCUT2D eigenvalue weighted by Crippen LogP contribution is -2.31. The Kier molecular flexibility index (Phi) is 4.73. The first-order valence-electron chi connectivity index (χ1n) is 10.8. The minimum Gasteiger partial charge on any atom is -0.461 e. The maximum absolute atomic E-state index is 5.39. The summed E-state index contributed by atoms with van der Waals surface area (Å²) in [4.78, 5) is 23.2. The first kappa shape index (κ1) is 18.9. The smallest absolute Gasteiger partial charge is 0.257 e. The fourth-order valence-corrected chi connectivity index (χ4v) is 4.11. The normalized spacial score (nSPS) is 15.4. The van der Waals surface area contributed by atoms with Crippen LogP contribution in [0.3, 0.4) is 0 Å². The van der Waals surface area contributed by atoms with E-state index in [1.807, 2.05) is 24.3 Å².